The lowest BCUT2D eigenvalue weighted by atomic mass is 10.1. The average Bonchev–Trinajstić information content (AvgIpc) is 2.73. The van der Waals surface area contributed by atoms with Gasteiger partial charge in [0.25, 0.3) is 0 Å². The summed E-state index contributed by atoms with van der Waals surface area (Å²) in [5, 5.41) is 14.2. The number of hydrogen-bond acceptors (Lipinski definition) is 5. The first-order valence-corrected chi connectivity index (χ1v) is 8.44. The molecule has 0 aliphatic carbocycles. The fourth-order valence-electron chi connectivity index (χ4n) is 2.90. The van der Waals surface area contributed by atoms with Crippen LogP contribution < -0.4 is 5.32 Å². The van der Waals surface area contributed by atoms with Crippen LogP contribution in [0.5, 0.6) is 0 Å². The van der Waals surface area contributed by atoms with Crippen LogP contribution in [0.3, 0.4) is 0 Å². The summed E-state index contributed by atoms with van der Waals surface area (Å²) in [6.45, 7) is -0.0371. The van der Waals surface area contributed by atoms with E-state index in [-0.39, 0.29) is 12.6 Å². The molecule has 4 aromatic rings. The highest BCUT2D eigenvalue weighted by atomic mass is 16.3. The van der Waals surface area contributed by atoms with Crippen molar-refractivity contribution >= 4 is 16.7 Å². The first-order chi connectivity index (χ1) is 12.8. The Morgan fingerprint density at radius 2 is 1.69 bits per heavy atom. The Morgan fingerprint density at radius 3 is 2.46 bits per heavy atom. The van der Waals surface area contributed by atoms with Crippen molar-refractivity contribution in [2.24, 2.45) is 0 Å². The number of fused-ring (bicyclic) bond motifs is 1. The molecule has 0 radical (unpaired) electrons. The molecule has 2 heterocycles. The quantitative estimate of drug-likeness (QED) is 0.577. The molecule has 128 valence electrons. The van der Waals surface area contributed by atoms with Gasteiger partial charge in [-0.3, -0.25) is 4.98 Å². The maximum Gasteiger partial charge on any atom is 0.163 e. The maximum atomic E-state index is 9.88. The minimum absolute atomic E-state index is 0.0371. The van der Waals surface area contributed by atoms with Gasteiger partial charge in [-0.05, 0) is 29.8 Å². The molecule has 0 aliphatic rings. The molecule has 0 amide bonds. The highest BCUT2D eigenvalue weighted by Gasteiger charge is 2.15. The summed E-state index contributed by atoms with van der Waals surface area (Å²) in [4.78, 5) is 13.5. The van der Waals surface area contributed by atoms with Crippen LogP contribution >= 0.6 is 0 Å². The molecule has 5 nitrogen and oxygen atoms in total. The molecular formula is C21H18N4O. The van der Waals surface area contributed by atoms with Crippen molar-refractivity contribution in [2.45, 2.75) is 6.04 Å². The Labute approximate surface area is 151 Å². The predicted molar refractivity (Wildman–Crippen MR) is 103 cm³/mol. The van der Waals surface area contributed by atoms with Crippen LogP contribution in [0, 0.1) is 0 Å². The lowest BCUT2D eigenvalue weighted by molar-refractivity contribution is 0.276. The molecule has 0 spiro atoms. The van der Waals surface area contributed by atoms with Gasteiger partial charge >= 0.3 is 0 Å². The van der Waals surface area contributed by atoms with Gasteiger partial charge in [-0.1, -0.05) is 42.5 Å². The largest absolute Gasteiger partial charge is 0.394 e. The molecule has 1 atom stereocenters. The van der Waals surface area contributed by atoms with E-state index >= 15 is 0 Å². The monoisotopic (exact) mass is 342 g/mol. The lowest BCUT2D eigenvalue weighted by Gasteiger charge is -2.19. The zero-order valence-electron chi connectivity index (χ0n) is 14.1. The van der Waals surface area contributed by atoms with Crippen LogP contribution in [0.4, 0.5) is 5.82 Å². The zero-order chi connectivity index (χ0) is 17.8. The Hall–Kier alpha value is -3.31. The van der Waals surface area contributed by atoms with Crippen molar-refractivity contribution < 1.29 is 5.11 Å². The van der Waals surface area contributed by atoms with E-state index in [4.69, 9.17) is 4.98 Å². The summed E-state index contributed by atoms with van der Waals surface area (Å²) in [5.74, 6) is 1.29. The molecule has 26 heavy (non-hydrogen) atoms. The molecule has 2 aromatic heterocycles. The predicted octanol–water partition coefficient (Wildman–Crippen LogP) is 3.84. The van der Waals surface area contributed by atoms with Crippen molar-refractivity contribution in [1.29, 1.82) is 0 Å². The summed E-state index contributed by atoms with van der Waals surface area (Å²) >= 11 is 0. The summed E-state index contributed by atoms with van der Waals surface area (Å²) in [7, 11) is 0. The number of hydrogen-bond donors (Lipinski definition) is 2. The number of rotatable bonds is 5. The third-order valence-electron chi connectivity index (χ3n) is 4.22. The van der Waals surface area contributed by atoms with Crippen LogP contribution in [0.2, 0.25) is 0 Å². The van der Waals surface area contributed by atoms with Crippen LogP contribution in [0.15, 0.2) is 79.1 Å². The summed E-state index contributed by atoms with van der Waals surface area (Å²) in [6.07, 6.45) is 3.47. The van der Waals surface area contributed by atoms with Gasteiger partial charge in [-0.25, -0.2) is 9.97 Å². The molecule has 1 unspecified atom stereocenters. The molecule has 4 rings (SSSR count). The first-order valence-electron chi connectivity index (χ1n) is 8.44. The van der Waals surface area contributed by atoms with E-state index in [0.717, 1.165) is 22.0 Å². The molecule has 5 heteroatoms. The number of benzene rings is 2. The number of nitrogens with zero attached hydrogens (tertiary/aromatic N) is 3. The molecule has 2 N–H and O–H groups in total. The second-order valence-electron chi connectivity index (χ2n) is 5.94. The van der Waals surface area contributed by atoms with Gasteiger partial charge in [0.2, 0.25) is 0 Å². The van der Waals surface area contributed by atoms with Gasteiger partial charge in [-0.15, -0.1) is 0 Å². The smallest absolute Gasteiger partial charge is 0.163 e. The van der Waals surface area contributed by atoms with Crippen molar-refractivity contribution in [3.8, 4) is 11.4 Å². The minimum atomic E-state index is -0.253. The molecule has 0 saturated heterocycles. The number of para-hydroxylation sites is 1. The topological polar surface area (TPSA) is 70.9 Å². The number of pyridine rings is 1. The highest BCUT2D eigenvalue weighted by molar-refractivity contribution is 5.90. The van der Waals surface area contributed by atoms with E-state index in [9.17, 15) is 5.11 Å². The molecular weight excluding hydrogens is 324 g/mol. The fraction of sp³-hybridized carbons (Fsp3) is 0.0952. The third-order valence-corrected chi connectivity index (χ3v) is 4.22. The van der Waals surface area contributed by atoms with Crippen LogP contribution in [0.25, 0.3) is 22.3 Å². The highest BCUT2D eigenvalue weighted by Crippen LogP contribution is 2.27. The Kier molecular flexibility index (Phi) is 4.53. The summed E-state index contributed by atoms with van der Waals surface area (Å²) in [5.41, 5.74) is 2.69. The van der Waals surface area contributed by atoms with Crippen LogP contribution in [0.1, 0.15) is 11.6 Å². The van der Waals surface area contributed by atoms with Crippen molar-refractivity contribution in [3.63, 3.8) is 0 Å². The van der Waals surface area contributed by atoms with E-state index in [1.165, 1.54) is 0 Å². The zero-order valence-corrected chi connectivity index (χ0v) is 14.1. The summed E-state index contributed by atoms with van der Waals surface area (Å²) < 4.78 is 0. The van der Waals surface area contributed by atoms with Gasteiger partial charge in [0, 0.05) is 23.3 Å². The minimum Gasteiger partial charge on any atom is -0.394 e. The van der Waals surface area contributed by atoms with Crippen LogP contribution in [-0.4, -0.2) is 26.7 Å². The van der Waals surface area contributed by atoms with Crippen molar-refractivity contribution in [3.05, 3.63) is 84.7 Å². The molecule has 0 aliphatic heterocycles. The molecule has 0 bridgehead atoms. The molecule has 2 aromatic carbocycles. The number of anilines is 1. The normalized spacial score (nSPS) is 12.0. The number of aliphatic hydroxyl groups is 1. The summed E-state index contributed by atoms with van der Waals surface area (Å²) in [6, 6.07) is 21.2. The average molecular weight is 342 g/mol. The van der Waals surface area contributed by atoms with Gasteiger partial charge in [0.1, 0.15) is 5.82 Å². The Morgan fingerprint density at radius 1 is 0.885 bits per heavy atom. The van der Waals surface area contributed by atoms with Gasteiger partial charge in [0.15, 0.2) is 5.82 Å². The van der Waals surface area contributed by atoms with E-state index in [1.54, 1.807) is 12.4 Å². The molecule has 0 fully saturated rings. The van der Waals surface area contributed by atoms with Crippen LogP contribution in [-0.2, 0) is 0 Å². The number of nitrogens with one attached hydrogen (secondary N) is 1. The Balaban J connectivity index is 1.80. The van der Waals surface area contributed by atoms with E-state index in [2.05, 4.69) is 15.3 Å². The van der Waals surface area contributed by atoms with E-state index < -0.39 is 0 Å². The SMILES string of the molecule is OCC(Nc1nc(-c2cccnc2)nc2ccccc12)c1ccccc1. The number of aromatic nitrogens is 3. The van der Waals surface area contributed by atoms with Crippen molar-refractivity contribution in [2.75, 3.05) is 11.9 Å². The lowest BCUT2D eigenvalue weighted by Crippen LogP contribution is -2.16. The Bertz CT molecular complexity index is 1010. The van der Waals surface area contributed by atoms with Gasteiger partial charge in [0.05, 0.1) is 18.2 Å². The first kappa shape index (κ1) is 16.2. The van der Waals surface area contributed by atoms with Crippen molar-refractivity contribution in [1.82, 2.24) is 15.0 Å². The van der Waals surface area contributed by atoms with E-state index in [1.807, 2.05) is 66.7 Å². The fourth-order valence-corrected chi connectivity index (χ4v) is 2.90. The third kappa shape index (κ3) is 3.25. The van der Waals surface area contributed by atoms with Gasteiger partial charge in [-0.2, -0.15) is 0 Å². The standard InChI is InChI=1S/C21H18N4O/c26-14-19(15-7-2-1-3-8-15)24-21-17-10-4-5-11-18(17)23-20(25-21)16-9-6-12-22-13-16/h1-13,19,26H,14H2,(H,23,24,25). The maximum absolute atomic E-state index is 9.88. The van der Waals surface area contributed by atoms with E-state index in [0.29, 0.717) is 11.6 Å². The second kappa shape index (κ2) is 7.29. The van der Waals surface area contributed by atoms with Gasteiger partial charge < -0.3 is 10.4 Å². The second-order valence-corrected chi connectivity index (χ2v) is 5.94. The molecule has 0 saturated carbocycles. The number of aliphatic hydroxyl groups excluding tert-OH is 1.